The third-order valence-electron chi connectivity index (χ3n) is 7.98. The first kappa shape index (κ1) is 28.6. The highest BCUT2D eigenvalue weighted by Gasteiger charge is 2.82. The summed E-state index contributed by atoms with van der Waals surface area (Å²) >= 11 is 0. The van der Waals surface area contributed by atoms with Crippen molar-refractivity contribution in [3.8, 4) is 0 Å². The van der Waals surface area contributed by atoms with Crippen LogP contribution in [0.4, 0.5) is 9.59 Å². The van der Waals surface area contributed by atoms with E-state index in [-0.39, 0.29) is 26.3 Å². The predicted molar refractivity (Wildman–Crippen MR) is 160 cm³/mol. The van der Waals surface area contributed by atoms with Gasteiger partial charge in [0.15, 0.2) is 0 Å². The van der Waals surface area contributed by atoms with Crippen LogP contribution >= 0.6 is 0 Å². The van der Waals surface area contributed by atoms with Crippen LogP contribution < -0.4 is 10.6 Å². The summed E-state index contributed by atoms with van der Waals surface area (Å²) in [5.41, 5.74) is 0.326. The van der Waals surface area contributed by atoms with Crippen LogP contribution in [0.1, 0.15) is 47.2 Å². The van der Waals surface area contributed by atoms with Crippen LogP contribution in [0.15, 0.2) is 61.2 Å². The van der Waals surface area contributed by atoms with Gasteiger partial charge in [0, 0.05) is 24.8 Å². The maximum atomic E-state index is 14.0. The molecule has 2 saturated heterocycles. The number of nitrogens with one attached hydrogen (secondary N) is 2. The number of rotatable bonds is 8. The first-order chi connectivity index (χ1) is 21.4. The zero-order valence-corrected chi connectivity index (χ0v) is 24.1. The molecule has 0 aliphatic carbocycles. The number of carbonyl (C=O) groups excluding carboxylic acids is 4. The molecule has 3 aliphatic rings. The lowest BCUT2D eigenvalue weighted by Gasteiger charge is -2.40. The molecule has 0 radical (unpaired) electrons. The number of fused-ring (bicyclic) bond motifs is 1. The highest BCUT2D eigenvalue weighted by atomic mass is 16.5. The van der Waals surface area contributed by atoms with Crippen molar-refractivity contribution in [1.29, 1.82) is 0 Å². The van der Waals surface area contributed by atoms with Gasteiger partial charge in [-0.15, -0.1) is 0 Å². The molecular formula is C32H30N6O6. The van der Waals surface area contributed by atoms with Gasteiger partial charge in [0.1, 0.15) is 0 Å². The molecule has 3 aliphatic heterocycles. The van der Waals surface area contributed by atoms with Gasteiger partial charge in [0.2, 0.25) is 0 Å². The summed E-state index contributed by atoms with van der Waals surface area (Å²) in [6, 6.07) is 9.82. The molecule has 6 rings (SSSR count). The van der Waals surface area contributed by atoms with Gasteiger partial charge in [-0.05, 0) is 71.5 Å². The van der Waals surface area contributed by atoms with E-state index in [1.165, 1.54) is 9.80 Å². The summed E-state index contributed by atoms with van der Waals surface area (Å²) in [4.78, 5) is 65.6. The Hall–Kier alpha value is -5.52. The highest BCUT2D eigenvalue weighted by Crippen LogP contribution is 2.48. The van der Waals surface area contributed by atoms with Crippen molar-refractivity contribution < 1.29 is 28.7 Å². The lowest BCUT2D eigenvalue weighted by atomic mass is 9.93. The minimum Gasteiger partial charge on any atom is -0.463 e. The van der Waals surface area contributed by atoms with Gasteiger partial charge in [-0.25, -0.2) is 19.2 Å². The molecule has 0 saturated carbocycles. The van der Waals surface area contributed by atoms with Crippen LogP contribution in [0.25, 0.3) is 24.3 Å². The molecule has 3 aromatic rings. The number of benzene rings is 1. The zero-order chi connectivity index (χ0) is 30.9. The average molecular weight is 595 g/mol. The Morgan fingerprint density at radius 1 is 0.727 bits per heavy atom. The van der Waals surface area contributed by atoms with E-state index in [2.05, 4.69) is 20.6 Å². The lowest BCUT2D eigenvalue weighted by molar-refractivity contribution is -0.178. The van der Waals surface area contributed by atoms with Crippen molar-refractivity contribution in [2.75, 3.05) is 13.2 Å². The number of esters is 2. The Morgan fingerprint density at radius 2 is 1.16 bits per heavy atom. The summed E-state index contributed by atoms with van der Waals surface area (Å²) in [5.74, 6) is -1.90. The molecule has 0 bridgehead atoms. The molecule has 2 aromatic heterocycles. The number of amides is 4. The van der Waals surface area contributed by atoms with E-state index in [1.54, 1.807) is 38.6 Å². The second kappa shape index (κ2) is 11.3. The van der Waals surface area contributed by atoms with Crippen molar-refractivity contribution in [3.05, 3.63) is 94.6 Å². The Morgan fingerprint density at radius 3 is 1.59 bits per heavy atom. The van der Waals surface area contributed by atoms with Gasteiger partial charge in [-0.3, -0.25) is 19.8 Å². The van der Waals surface area contributed by atoms with E-state index in [1.807, 2.05) is 60.7 Å². The van der Waals surface area contributed by atoms with E-state index in [9.17, 15) is 19.2 Å². The van der Waals surface area contributed by atoms with E-state index in [0.717, 1.165) is 22.3 Å². The standard InChI is InChI=1S/C32H30N6O6/c1-3-43-27(39)31-32(28(40)44-4-2)37(29(41)35-31)19-25-23(7-5-21-11-15-33-16-12-21)9-10-24(8-6-22-13-17-34-18-14-22)26(25)20-38(32)30(42)36-31/h5-18H,3-4,19-20H2,1-2H3,(H,35,41)(H,36,42)/b7-5-,8-6+. The molecule has 5 heterocycles. The third kappa shape index (κ3) is 4.37. The van der Waals surface area contributed by atoms with Crippen LogP contribution in [-0.2, 0) is 32.2 Å². The van der Waals surface area contributed by atoms with Gasteiger partial charge in [0.25, 0.3) is 11.3 Å². The smallest absolute Gasteiger partial charge is 0.358 e. The molecule has 12 heteroatoms. The quantitative estimate of drug-likeness (QED) is 0.378. The molecule has 2 N–H and O–H groups in total. The first-order valence-corrected chi connectivity index (χ1v) is 14.2. The van der Waals surface area contributed by atoms with Crippen LogP contribution in [0.2, 0.25) is 0 Å². The second-order valence-electron chi connectivity index (χ2n) is 10.3. The molecule has 2 fully saturated rings. The Kier molecular flexibility index (Phi) is 7.33. The summed E-state index contributed by atoms with van der Waals surface area (Å²) in [6.07, 6.45) is 14.4. The number of urea groups is 2. The lowest BCUT2D eigenvalue weighted by Crippen LogP contribution is -2.74. The Bertz CT molecular complexity index is 1590. The number of hydrogen-bond donors (Lipinski definition) is 2. The van der Waals surface area contributed by atoms with Crippen LogP contribution in [0.3, 0.4) is 0 Å². The van der Waals surface area contributed by atoms with Gasteiger partial charge >= 0.3 is 24.0 Å². The number of carbonyl (C=O) groups is 4. The molecule has 2 atom stereocenters. The molecule has 1 aromatic carbocycles. The van der Waals surface area contributed by atoms with Crippen LogP contribution in [-0.4, -0.2) is 68.3 Å². The molecule has 0 spiro atoms. The van der Waals surface area contributed by atoms with Crippen molar-refractivity contribution in [3.63, 3.8) is 0 Å². The van der Waals surface area contributed by atoms with Gasteiger partial charge in [-0.1, -0.05) is 36.4 Å². The van der Waals surface area contributed by atoms with Crippen LogP contribution in [0, 0.1) is 0 Å². The number of hydrogen-bond acceptors (Lipinski definition) is 8. The average Bonchev–Trinajstić information content (AvgIpc) is 3.32. The Labute approximate surface area is 253 Å². The maximum Gasteiger partial charge on any atom is 0.358 e. The molecule has 4 amide bonds. The number of ether oxygens (including phenoxy) is 2. The summed E-state index contributed by atoms with van der Waals surface area (Å²) in [6.45, 7) is 2.90. The molecular weight excluding hydrogens is 564 g/mol. The minimum atomic E-state index is -2.23. The fourth-order valence-electron chi connectivity index (χ4n) is 6.02. The summed E-state index contributed by atoms with van der Waals surface area (Å²) in [5, 5.41) is 5.17. The number of aromatic nitrogens is 2. The molecule has 12 nitrogen and oxygen atoms in total. The summed E-state index contributed by atoms with van der Waals surface area (Å²) < 4.78 is 10.8. The SMILES string of the molecule is CCOC(=O)C12NC(=O)N3Cc4c(/C=C\c5ccncc5)ccc(/C=C/c5ccncc5)c4CN(C(=O)N1)C32C(=O)OCC. The van der Waals surface area contributed by atoms with Crippen molar-refractivity contribution in [2.24, 2.45) is 0 Å². The normalized spacial score (nSPS) is 22.0. The fourth-order valence-corrected chi connectivity index (χ4v) is 6.02. The predicted octanol–water partition coefficient (Wildman–Crippen LogP) is 3.40. The third-order valence-corrected chi connectivity index (χ3v) is 7.98. The molecule has 44 heavy (non-hydrogen) atoms. The Balaban J connectivity index is 1.56. The highest BCUT2D eigenvalue weighted by molar-refractivity contribution is 6.09. The minimum absolute atomic E-state index is 0.0423. The first-order valence-electron chi connectivity index (χ1n) is 14.2. The van der Waals surface area contributed by atoms with Crippen molar-refractivity contribution >= 4 is 48.3 Å². The van der Waals surface area contributed by atoms with Gasteiger partial charge in [-0.2, -0.15) is 0 Å². The summed E-state index contributed by atoms with van der Waals surface area (Å²) in [7, 11) is 0. The van der Waals surface area contributed by atoms with E-state index < -0.39 is 35.3 Å². The zero-order valence-electron chi connectivity index (χ0n) is 24.1. The van der Waals surface area contributed by atoms with Gasteiger partial charge in [0.05, 0.1) is 26.3 Å². The molecule has 2 unspecified atom stereocenters. The number of pyridine rings is 2. The van der Waals surface area contributed by atoms with E-state index >= 15 is 0 Å². The number of nitrogens with zero attached hydrogens (tertiary/aromatic N) is 4. The maximum absolute atomic E-state index is 14.0. The van der Waals surface area contributed by atoms with Gasteiger partial charge < -0.3 is 20.1 Å². The second-order valence-corrected chi connectivity index (χ2v) is 10.3. The molecule has 224 valence electrons. The van der Waals surface area contributed by atoms with E-state index in [0.29, 0.717) is 11.1 Å². The van der Waals surface area contributed by atoms with Crippen molar-refractivity contribution in [2.45, 2.75) is 38.3 Å². The largest absolute Gasteiger partial charge is 0.463 e. The van der Waals surface area contributed by atoms with E-state index in [4.69, 9.17) is 9.47 Å². The van der Waals surface area contributed by atoms with Crippen molar-refractivity contribution in [1.82, 2.24) is 30.4 Å². The fraction of sp³-hybridized carbons (Fsp3) is 0.250. The van der Waals surface area contributed by atoms with Crippen LogP contribution in [0.5, 0.6) is 0 Å². The monoisotopic (exact) mass is 594 g/mol. The topological polar surface area (TPSA) is 143 Å².